The van der Waals surface area contributed by atoms with Crippen molar-refractivity contribution in [2.75, 3.05) is 13.1 Å². The summed E-state index contributed by atoms with van der Waals surface area (Å²) < 4.78 is 0. The van der Waals surface area contributed by atoms with Crippen LogP contribution in [0.3, 0.4) is 0 Å². The summed E-state index contributed by atoms with van der Waals surface area (Å²) in [5.41, 5.74) is 1.07. The molecule has 1 saturated carbocycles. The molecule has 2 rings (SSSR count). The highest BCUT2D eigenvalue weighted by molar-refractivity contribution is 5.03. The Bertz CT molecular complexity index is 275. The molecule has 1 nitrogen and oxygen atoms in total. The normalized spacial score (nSPS) is 41.2. The van der Waals surface area contributed by atoms with Gasteiger partial charge in [0.25, 0.3) is 0 Å². The van der Waals surface area contributed by atoms with Gasteiger partial charge in [0.15, 0.2) is 0 Å². The topological polar surface area (TPSA) is 3.24 Å². The third kappa shape index (κ3) is 2.24. The van der Waals surface area contributed by atoms with Crippen molar-refractivity contribution < 1.29 is 0 Å². The molecule has 0 radical (unpaired) electrons. The van der Waals surface area contributed by atoms with E-state index in [0.29, 0.717) is 11.0 Å². The highest BCUT2D eigenvalue weighted by atomic mass is 15.2. The minimum atomic E-state index is 0.481. The predicted molar refractivity (Wildman–Crippen MR) is 79.8 cm³/mol. The Hall–Kier alpha value is -0.0400. The lowest BCUT2D eigenvalue weighted by atomic mass is 9.55. The van der Waals surface area contributed by atoms with Gasteiger partial charge in [0, 0.05) is 5.54 Å². The van der Waals surface area contributed by atoms with Crippen LogP contribution in [-0.2, 0) is 0 Å². The van der Waals surface area contributed by atoms with Gasteiger partial charge in [-0.15, -0.1) is 0 Å². The Morgan fingerprint density at radius 2 is 1.61 bits per heavy atom. The molecule has 106 valence electrons. The summed E-state index contributed by atoms with van der Waals surface area (Å²) in [5, 5.41) is 0. The second-order valence-electron chi connectivity index (χ2n) is 7.41. The van der Waals surface area contributed by atoms with Gasteiger partial charge in [-0.3, -0.25) is 4.90 Å². The van der Waals surface area contributed by atoms with Crippen molar-refractivity contribution in [2.24, 2.45) is 17.3 Å². The molecule has 1 aliphatic heterocycles. The van der Waals surface area contributed by atoms with Gasteiger partial charge in [0.05, 0.1) is 0 Å². The fourth-order valence-electron chi connectivity index (χ4n) is 5.11. The van der Waals surface area contributed by atoms with E-state index in [1.807, 2.05) is 0 Å². The van der Waals surface area contributed by atoms with Crippen LogP contribution in [0.15, 0.2) is 0 Å². The molecule has 1 aliphatic carbocycles. The summed E-state index contributed by atoms with van der Waals surface area (Å²) in [7, 11) is 0. The number of rotatable bonds is 3. The van der Waals surface area contributed by atoms with E-state index in [-0.39, 0.29) is 0 Å². The van der Waals surface area contributed by atoms with Gasteiger partial charge in [0.1, 0.15) is 0 Å². The lowest BCUT2D eigenvalue weighted by molar-refractivity contribution is -0.0523. The third-order valence-electron chi connectivity index (χ3n) is 6.59. The smallest absolute Gasteiger partial charge is 0.0189 e. The molecule has 0 N–H and O–H groups in total. The molecule has 0 aromatic heterocycles. The molecule has 3 unspecified atom stereocenters. The fourth-order valence-corrected chi connectivity index (χ4v) is 5.11. The summed E-state index contributed by atoms with van der Waals surface area (Å²) >= 11 is 0. The molecule has 0 spiro atoms. The molecule has 2 fully saturated rings. The molecule has 1 heterocycles. The van der Waals surface area contributed by atoms with Gasteiger partial charge in [0.2, 0.25) is 0 Å². The zero-order valence-electron chi connectivity index (χ0n) is 13.3. The van der Waals surface area contributed by atoms with Crippen molar-refractivity contribution in [1.82, 2.24) is 4.90 Å². The van der Waals surface area contributed by atoms with E-state index in [2.05, 4.69) is 39.5 Å². The maximum Gasteiger partial charge on any atom is 0.0189 e. The van der Waals surface area contributed by atoms with E-state index < -0.39 is 0 Å². The number of hydrogen-bond donors (Lipinski definition) is 0. The maximum absolute atomic E-state index is 2.81. The Morgan fingerprint density at radius 3 is 2.11 bits per heavy atom. The van der Waals surface area contributed by atoms with Gasteiger partial charge >= 0.3 is 0 Å². The Morgan fingerprint density at radius 1 is 1.06 bits per heavy atom. The average molecular weight is 251 g/mol. The van der Waals surface area contributed by atoms with Crippen LogP contribution in [0.2, 0.25) is 0 Å². The Kier molecular flexibility index (Phi) is 4.11. The maximum atomic E-state index is 2.81. The van der Waals surface area contributed by atoms with E-state index in [9.17, 15) is 0 Å². The zero-order valence-corrected chi connectivity index (χ0v) is 13.3. The summed E-state index contributed by atoms with van der Waals surface area (Å²) in [6.07, 6.45) is 8.40. The molecule has 1 heteroatoms. The van der Waals surface area contributed by atoms with Gasteiger partial charge in [-0.2, -0.15) is 0 Å². The first-order chi connectivity index (χ1) is 8.47. The zero-order chi connectivity index (χ0) is 13.4. The molecule has 1 saturated heterocycles. The van der Waals surface area contributed by atoms with Crippen molar-refractivity contribution in [2.45, 2.75) is 78.7 Å². The molecule has 2 aliphatic rings. The van der Waals surface area contributed by atoms with Crippen LogP contribution in [-0.4, -0.2) is 23.5 Å². The number of hydrogen-bond acceptors (Lipinski definition) is 1. The Labute approximate surface area is 114 Å². The molecule has 18 heavy (non-hydrogen) atoms. The van der Waals surface area contributed by atoms with Crippen molar-refractivity contribution in [1.29, 1.82) is 0 Å². The van der Waals surface area contributed by atoms with Crippen LogP contribution in [0.5, 0.6) is 0 Å². The summed E-state index contributed by atoms with van der Waals surface area (Å²) in [6.45, 7) is 15.1. The number of likely N-dealkylation sites (tertiary alicyclic amines) is 1. The highest BCUT2D eigenvalue weighted by Crippen LogP contribution is 2.54. The van der Waals surface area contributed by atoms with Crippen LogP contribution < -0.4 is 0 Å². The third-order valence-corrected chi connectivity index (χ3v) is 6.59. The van der Waals surface area contributed by atoms with E-state index in [1.165, 1.54) is 51.6 Å². The second kappa shape index (κ2) is 5.15. The average Bonchev–Trinajstić information content (AvgIpc) is 2.88. The molecular formula is C17H33N. The van der Waals surface area contributed by atoms with Gasteiger partial charge in [-0.25, -0.2) is 0 Å². The van der Waals surface area contributed by atoms with Crippen molar-refractivity contribution in [3.63, 3.8) is 0 Å². The summed E-state index contributed by atoms with van der Waals surface area (Å²) in [4.78, 5) is 2.81. The Balaban J connectivity index is 2.23. The molecule has 0 bridgehead atoms. The van der Waals surface area contributed by atoms with Crippen LogP contribution in [0.1, 0.15) is 73.1 Å². The van der Waals surface area contributed by atoms with Gasteiger partial charge in [-0.05, 0) is 62.9 Å². The van der Waals surface area contributed by atoms with Gasteiger partial charge < -0.3 is 0 Å². The quantitative estimate of drug-likeness (QED) is 0.702. The van der Waals surface area contributed by atoms with E-state index >= 15 is 0 Å². The minimum absolute atomic E-state index is 0.481. The van der Waals surface area contributed by atoms with E-state index in [0.717, 1.165) is 11.8 Å². The monoisotopic (exact) mass is 251 g/mol. The van der Waals surface area contributed by atoms with Gasteiger partial charge in [-0.1, -0.05) is 40.5 Å². The van der Waals surface area contributed by atoms with Crippen LogP contribution in [0.25, 0.3) is 0 Å². The lowest BCUT2D eigenvalue weighted by Gasteiger charge is -2.56. The first kappa shape index (κ1) is 14.4. The van der Waals surface area contributed by atoms with Crippen LogP contribution >= 0.6 is 0 Å². The minimum Gasteiger partial charge on any atom is -0.298 e. The SMILES string of the molecule is CCC1(CC)CC(C)(N2CCCC2)CC(C)C1C. The predicted octanol–water partition coefficient (Wildman–Crippen LogP) is 4.71. The molecular weight excluding hydrogens is 218 g/mol. The summed E-state index contributed by atoms with van der Waals surface area (Å²) in [6, 6.07) is 0. The molecule has 3 atom stereocenters. The molecule has 0 amide bonds. The van der Waals surface area contributed by atoms with Crippen molar-refractivity contribution in [3.8, 4) is 0 Å². The fraction of sp³-hybridized carbons (Fsp3) is 1.00. The highest BCUT2D eigenvalue weighted by Gasteiger charge is 2.49. The number of nitrogens with zero attached hydrogens (tertiary/aromatic N) is 1. The standard InChI is InChI=1S/C17H33N/c1-6-17(7-2)13-16(5,12-14(3)15(17)4)18-10-8-9-11-18/h14-15H,6-13H2,1-5H3. The first-order valence-corrected chi connectivity index (χ1v) is 8.22. The first-order valence-electron chi connectivity index (χ1n) is 8.22. The lowest BCUT2D eigenvalue weighted by Crippen LogP contribution is -2.55. The van der Waals surface area contributed by atoms with Crippen molar-refractivity contribution >= 4 is 0 Å². The van der Waals surface area contributed by atoms with Crippen LogP contribution in [0, 0.1) is 17.3 Å². The van der Waals surface area contributed by atoms with E-state index in [4.69, 9.17) is 0 Å². The molecule has 0 aromatic rings. The largest absolute Gasteiger partial charge is 0.298 e. The van der Waals surface area contributed by atoms with E-state index in [1.54, 1.807) is 0 Å². The summed E-state index contributed by atoms with van der Waals surface area (Å²) in [5.74, 6) is 1.77. The van der Waals surface area contributed by atoms with Crippen LogP contribution in [0.4, 0.5) is 0 Å². The second-order valence-corrected chi connectivity index (χ2v) is 7.41. The molecule has 0 aromatic carbocycles. The van der Waals surface area contributed by atoms with Crippen molar-refractivity contribution in [3.05, 3.63) is 0 Å².